The Morgan fingerprint density at radius 1 is 1.50 bits per heavy atom. The Hall–Kier alpha value is -1.46. The molecular weight excluding hydrogens is 280 g/mol. The van der Waals surface area contributed by atoms with Gasteiger partial charge in [-0.05, 0) is 51.0 Å². The molecule has 0 saturated heterocycles. The third kappa shape index (κ3) is 6.12. The minimum absolute atomic E-state index is 0.141. The smallest absolute Gasteiger partial charge is 0.407 e. The van der Waals surface area contributed by atoms with Crippen molar-refractivity contribution in [2.24, 2.45) is 5.73 Å². The Labute approximate surface area is 124 Å². The first-order valence-electron chi connectivity index (χ1n) is 6.37. The van der Waals surface area contributed by atoms with Gasteiger partial charge in [-0.2, -0.15) is 0 Å². The van der Waals surface area contributed by atoms with E-state index in [2.05, 4.69) is 5.32 Å². The first-order valence-corrected chi connectivity index (χ1v) is 6.75. The van der Waals surface area contributed by atoms with Gasteiger partial charge in [-0.3, -0.25) is 0 Å². The van der Waals surface area contributed by atoms with Crippen molar-refractivity contribution in [2.75, 3.05) is 6.54 Å². The van der Waals surface area contributed by atoms with E-state index >= 15 is 0 Å². The van der Waals surface area contributed by atoms with Crippen LogP contribution >= 0.6 is 11.6 Å². The second kappa shape index (κ2) is 6.81. The fourth-order valence-corrected chi connectivity index (χ4v) is 1.80. The lowest BCUT2D eigenvalue weighted by Crippen LogP contribution is -2.41. The number of carbonyl (C=O) groups is 1. The van der Waals surface area contributed by atoms with Gasteiger partial charge in [0.05, 0.1) is 0 Å². The summed E-state index contributed by atoms with van der Waals surface area (Å²) < 4.78 is 5.11. The van der Waals surface area contributed by atoms with E-state index in [9.17, 15) is 9.90 Å². The Kier molecular flexibility index (Phi) is 5.65. The third-order valence-electron chi connectivity index (χ3n) is 2.43. The number of nitrogens with two attached hydrogens (primary N) is 1. The van der Waals surface area contributed by atoms with Crippen LogP contribution in [0.2, 0.25) is 5.02 Å². The maximum atomic E-state index is 11.5. The van der Waals surface area contributed by atoms with Crippen LogP contribution < -0.4 is 11.1 Å². The topological polar surface area (TPSA) is 84.6 Å². The molecule has 5 nitrogen and oxygen atoms in total. The van der Waals surface area contributed by atoms with Gasteiger partial charge >= 0.3 is 6.09 Å². The van der Waals surface area contributed by atoms with Gasteiger partial charge in [0.25, 0.3) is 0 Å². The van der Waals surface area contributed by atoms with E-state index in [4.69, 9.17) is 22.1 Å². The standard InChI is InChI=1S/C14H21ClN2O3/c1-14(2,3)20-13(19)17-8-11(16)7-9-6-10(15)4-5-12(9)18/h4-6,11,18H,7-8,16H2,1-3H3,(H,17,19). The highest BCUT2D eigenvalue weighted by atomic mass is 35.5. The van der Waals surface area contributed by atoms with Crippen molar-refractivity contribution < 1.29 is 14.6 Å². The monoisotopic (exact) mass is 300 g/mol. The average Bonchev–Trinajstić information content (AvgIpc) is 2.29. The van der Waals surface area contributed by atoms with Gasteiger partial charge in [0.15, 0.2) is 0 Å². The van der Waals surface area contributed by atoms with Crippen LogP contribution in [-0.4, -0.2) is 29.4 Å². The highest BCUT2D eigenvalue weighted by Gasteiger charge is 2.17. The number of aromatic hydroxyl groups is 1. The lowest BCUT2D eigenvalue weighted by molar-refractivity contribution is 0.0524. The molecule has 1 aromatic carbocycles. The number of carbonyl (C=O) groups excluding carboxylic acids is 1. The molecule has 0 spiro atoms. The highest BCUT2D eigenvalue weighted by Crippen LogP contribution is 2.22. The van der Waals surface area contributed by atoms with E-state index in [1.807, 2.05) is 0 Å². The van der Waals surface area contributed by atoms with Crippen LogP contribution in [0.15, 0.2) is 18.2 Å². The van der Waals surface area contributed by atoms with E-state index in [0.29, 0.717) is 17.0 Å². The molecule has 0 saturated carbocycles. The lowest BCUT2D eigenvalue weighted by Gasteiger charge is -2.21. The molecule has 4 N–H and O–H groups in total. The molecule has 0 aliphatic heterocycles. The Balaban J connectivity index is 2.46. The molecule has 20 heavy (non-hydrogen) atoms. The summed E-state index contributed by atoms with van der Waals surface area (Å²) in [5.74, 6) is 0.141. The van der Waals surface area contributed by atoms with Crippen LogP contribution in [0.4, 0.5) is 4.79 Å². The quantitative estimate of drug-likeness (QED) is 0.797. The summed E-state index contributed by atoms with van der Waals surface area (Å²) in [6.45, 7) is 5.62. The van der Waals surface area contributed by atoms with Gasteiger partial charge in [-0.25, -0.2) is 4.79 Å². The number of hydrogen-bond acceptors (Lipinski definition) is 4. The molecule has 0 aliphatic rings. The average molecular weight is 301 g/mol. The molecule has 6 heteroatoms. The van der Waals surface area contributed by atoms with Crippen LogP contribution in [0, 0.1) is 0 Å². The molecule has 112 valence electrons. The van der Waals surface area contributed by atoms with Gasteiger partial charge < -0.3 is 20.9 Å². The molecule has 1 unspecified atom stereocenters. The first-order chi connectivity index (χ1) is 9.17. The fraction of sp³-hybridized carbons (Fsp3) is 0.500. The summed E-state index contributed by atoms with van der Waals surface area (Å²) in [6, 6.07) is 4.44. The van der Waals surface area contributed by atoms with Crippen molar-refractivity contribution in [3.8, 4) is 5.75 Å². The van der Waals surface area contributed by atoms with Gasteiger partial charge in [-0.15, -0.1) is 0 Å². The molecular formula is C14H21ClN2O3. The Morgan fingerprint density at radius 2 is 2.15 bits per heavy atom. The number of ether oxygens (including phenoxy) is 1. The number of amides is 1. The molecule has 0 heterocycles. The molecule has 1 aromatic rings. The van der Waals surface area contributed by atoms with Crippen LogP contribution in [0.1, 0.15) is 26.3 Å². The maximum absolute atomic E-state index is 11.5. The van der Waals surface area contributed by atoms with Crippen LogP contribution in [0.25, 0.3) is 0 Å². The predicted molar refractivity (Wildman–Crippen MR) is 79.0 cm³/mol. The van der Waals surface area contributed by atoms with Crippen LogP contribution in [-0.2, 0) is 11.2 Å². The van der Waals surface area contributed by atoms with Gasteiger partial charge in [0.1, 0.15) is 11.4 Å². The van der Waals surface area contributed by atoms with Gasteiger partial charge in [-0.1, -0.05) is 11.6 Å². The van der Waals surface area contributed by atoms with Crippen LogP contribution in [0.3, 0.4) is 0 Å². The molecule has 1 amide bonds. The number of phenolic OH excluding ortho intramolecular Hbond substituents is 1. The summed E-state index contributed by atoms with van der Waals surface area (Å²) in [5, 5.41) is 12.8. The Morgan fingerprint density at radius 3 is 2.75 bits per heavy atom. The number of nitrogens with one attached hydrogen (secondary N) is 1. The molecule has 0 radical (unpaired) electrons. The molecule has 1 rings (SSSR count). The largest absolute Gasteiger partial charge is 0.508 e. The predicted octanol–water partition coefficient (Wildman–Crippen LogP) is 2.44. The molecule has 1 atom stereocenters. The van der Waals surface area contributed by atoms with Gasteiger partial charge in [0, 0.05) is 17.6 Å². The van der Waals surface area contributed by atoms with E-state index in [1.54, 1.807) is 32.9 Å². The highest BCUT2D eigenvalue weighted by molar-refractivity contribution is 6.30. The zero-order valence-electron chi connectivity index (χ0n) is 11.9. The third-order valence-corrected chi connectivity index (χ3v) is 2.67. The lowest BCUT2D eigenvalue weighted by atomic mass is 10.1. The van der Waals surface area contributed by atoms with Gasteiger partial charge in [0.2, 0.25) is 0 Å². The maximum Gasteiger partial charge on any atom is 0.407 e. The second-order valence-corrected chi connectivity index (χ2v) is 6.06. The number of hydrogen-bond donors (Lipinski definition) is 3. The SMILES string of the molecule is CC(C)(C)OC(=O)NCC(N)Cc1cc(Cl)ccc1O. The number of rotatable bonds is 4. The summed E-state index contributed by atoms with van der Waals surface area (Å²) in [6.07, 6.45) is -0.106. The van der Waals surface area contributed by atoms with Crippen molar-refractivity contribution in [3.05, 3.63) is 28.8 Å². The van der Waals surface area contributed by atoms with E-state index in [0.717, 1.165) is 0 Å². The minimum atomic E-state index is -0.542. The van der Waals surface area contributed by atoms with Crippen molar-refractivity contribution in [1.82, 2.24) is 5.32 Å². The molecule has 0 aromatic heterocycles. The van der Waals surface area contributed by atoms with Crippen molar-refractivity contribution in [1.29, 1.82) is 0 Å². The zero-order valence-corrected chi connectivity index (χ0v) is 12.7. The van der Waals surface area contributed by atoms with Crippen molar-refractivity contribution in [3.63, 3.8) is 0 Å². The van der Waals surface area contributed by atoms with E-state index < -0.39 is 11.7 Å². The number of alkyl carbamates (subject to hydrolysis) is 1. The summed E-state index contributed by atoms with van der Waals surface area (Å²) in [7, 11) is 0. The number of phenols is 1. The fourth-order valence-electron chi connectivity index (χ4n) is 1.60. The molecule has 0 fully saturated rings. The summed E-state index contributed by atoms with van der Waals surface area (Å²) in [5.41, 5.74) is 6.02. The second-order valence-electron chi connectivity index (χ2n) is 5.62. The van der Waals surface area contributed by atoms with E-state index in [-0.39, 0.29) is 18.3 Å². The van der Waals surface area contributed by atoms with E-state index in [1.165, 1.54) is 6.07 Å². The summed E-state index contributed by atoms with van der Waals surface area (Å²) >= 11 is 5.86. The van der Waals surface area contributed by atoms with Crippen LogP contribution in [0.5, 0.6) is 5.75 Å². The molecule has 0 aliphatic carbocycles. The van der Waals surface area contributed by atoms with Crippen molar-refractivity contribution in [2.45, 2.75) is 38.8 Å². The molecule has 0 bridgehead atoms. The number of halogens is 1. The van der Waals surface area contributed by atoms with Crippen molar-refractivity contribution >= 4 is 17.7 Å². The first kappa shape index (κ1) is 16.6. The summed E-state index contributed by atoms with van der Waals surface area (Å²) in [4.78, 5) is 11.5. The zero-order chi connectivity index (χ0) is 15.3. The normalized spacial score (nSPS) is 12.8. The Bertz CT molecular complexity index is 472. The number of benzene rings is 1. The minimum Gasteiger partial charge on any atom is -0.508 e.